The molecule has 0 amide bonds. The minimum atomic E-state index is -1.85. The second-order valence-electron chi connectivity index (χ2n) is 14.8. The van der Waals surface area contributed by atoms with E-state index in [1.165, 1.54) is 31.8 Å². The number of benzene rings is 6. The fraction of sp³-hybridized carbons (Fsp3) is 0.310. The monoisotopic (exact) mass is 1110 g/mol. The van der Waals surface area contributed by atoms with Gasteiger partial charge in [0.15, 0.2) is 0 Å². The molecule has 0 heterocycles. The van der Waals surface area contributed by atoms with Gasteiger partial charge in [-0.3, -0.25) is 0 Å². The summed E-state index contributed by atoms with van der Waals surface area (Å²) in [5, 5.41) is 9.16. The highest BCUT2D eigenvalue weighted by Crippen LogP contribution is 2.55. The van der Waals surface area contributed by atoms with Crippen LogP contribution >= 0.6 is 31.1 Å². The molecule has 0 atom stereocenters. The number of halogens is 2. The molecule has 8 nitrogen and oxygen atoms in total. The molecule has 12 heteroatoms. The Bertz CT molecular complexity index is 2010. The van der Waals surface area contributed by atoms with E-state index >= 15 is 0 Å². The van der Waals surface area contributed by atoms with Gasteiger partial charge < -0.3 is 54.9 Å². The van der Waals surface area contributed by atoms with Gasteiger partial charge in [0.2, 0.25) is 0 Å². The predicted molar refractivity (Wildman–Crippen MR) is 293 cm³/mol. The molecular weight excluding hydrogens is 1050 g/mol. The fourth-order valence-electron chi connectivity index (χ4n) is 6.90. The molecule has 0 fully saturated rings. The van der Waals surface area contributed by atoms with E-state index in [1.807, 2.05) is 0 Å². The number of rotatable bonds is 31. The van der Waals surface area contributed by atoms with Gasteiger partial charge in [0.05, 0.1) is 98.7 Å². The lowest BCUT2D eigenvalue weighted by Crippen LogP contribution is -3.00. The molecule has 0 aliphatic heterocycles. The van der Waals surface area contributed by atoms with Gasteiger partial charge in [-0.25, -0.2) is 0 Å². The lowest BCUT2D eigenvalue weighted by atomic mass is 10.4. The van der Waals surface area contributed by atoms with Gasteiger partial charge in [0, 0.05) is 5.33 Å². The highest BCUT2D eigenvalue weighted by Gasteiger charge is 2.44. The molecule has 6 aromatic carbocycles. The molecule has 0 N–H and O–H groups in total. The average molecular weight is 1110 g/mol. The lowest BCUT2D eigenvalue weighted by Gasteiger charge is -2.27. The van der Waals surface area contributed by atoms with E-state index in [9.17, 15) is 0 Å². The zero-order valence-electron chi connectivity index (χ0n) is 40.1. The first-order valence-electron chi connectivity index (χ1n) is 23.3. The first-order chi connectivity index (χ1) is 34.2. The Morgan fingerprint density at radius 3 is 0.857 bits per heavy atom. The fourth-order valence-corrected chi connectivity index (χ4v) is 13.5. The molecule has 0 spiro atoms. The third-order valence-electron chi connectivity index (χ3n) is 10.0. The quantitative estimate of drug-likeness (QED) is 0.0255. The normalized spacial score (nSPS) is 10.7. The molecule has 0 bridgehead atoms. The Labute approximate surface area is 439 Å². The standard InChI is InChI=1S/C29H34O4P.C18H15P.C11H19BrO4.BrH/c1-2-18-30-19-20-31-21-22-32-23-24-33-25-26-34(27-12-6-3-7-13-27,28-14-8-4-9-15-28)29-16-10-5-11-17-29;1-4-10-16(11-5-1)19(17-12-6-2-7-13-17)18-14-8-3-9-15-18;1-2-4-13-6-8-15-10-11-16-9-7-14-5-3-12;/h1,3-17H,18-26H2;1-15H;1H,3-11H2;1H/q+1;;;/p-1. The molecule has 0 aliphatic carbocycles. The van der Waals surface area contributed by atoms with Crippen LogP contribution in [0.2, 0.25) is 0 Å². The van der Waals surface area contributed by atoms with Gasteiger partial charge in [-0.05, 0) is 60.2 Å². The van der Waals surface area contributed by atoms with Crippen molar-refractivity contribution in [2.45, 2.75) is 0 Å². The predicted octanol–water partition coefficient (Wildman–Crippen LogP) is 5.21. The van der Waals surface area contributed by atoms with Gasteiger partial charge in [-0.15, -0.1) is 12.8 Å². The summed E-state index contributed by atoms with van der Waals surface area (Å²) in [5.74, 6) is 4.81. The van der Waals surface area contributed by atoms with E-state index in [0.717, 1.165) is 11.5 Å². The van der Waals surface area contributed by atoms with Crippen LogP contribution in [0.5, 0.6) is 0 Å². The Balaban J connectivity index is 0.000000304. The summed E-state index contributed by atoms with van der Waals surface area (Å²) >= 11 is 3.27. The number of ether oxygens (including phenoxy) is 8. The Hall–Kier alpha value is -4.06. The zero-order valence-corrected chi connectivity index (χ0v) is 45.1. The van der Waals surface area contributed by atoms with E-state index in [0.29, 0.717) is 106 Å². The second kappa shape index (κ2) is 40.5. The van der Waals surface area contributed by atoms with Gasteiger partial charge in [-0.1, -0.05) is 173 Å². The Morgan fingerprint density at radius 1 is 0.343 bits per heavy atom. The highest BCUT2D eigenvalue weighted by atomic mass is 79.9. The van der Waals surface area contributed by atoms with Crippen molar-refractivity contribution in [3.05, 3.63) is 182 Å². The van der Waals surface area contributed by atoms with Crippen LogP contribution in [-0.4, -0.2) is 117 Å². The number of terminal acetylenes is 2. The molecule has 6 rings (SSSR count). The van der Waals surface area contributed by atoms with Crippen LogP contribution in [0.25, 0.3) is 0 Å². The van der Waals surface area contributed by atoms with Crippen molar-refractivity contribution >= 4 is 62.9 Å². The maximum absolute atomic E-state index is 6.05. The van der Waals surface area contributed by atoms with Crippen molar-refractivity contribution in [2.75, 3.05) is 117 Å². The smallest absolute Gasteiger partial charge is 0.114 e. The highest BCUT2D eigenvalue weighted by molar-refractivity contribution is 9.09. The topological polar surface area (TPSA) is 73.8 Å². The van der Waals surface area contributed by atoms with Crippen LogP contribution in [0.15, 0.2) is 182 Å². The third kappa shape index (κ3) is 23.9. The van der Waals surface area contributed by atoms with Crippen molar-refractivity contribution in [2.24, 2.45) is 0 Å². The first kappa shape index (κ1) is 60.2. The van der Waals surface area contributed by atoms with Gasteiger partial charge >= 0.3 is 0 Å². The SMILES string of the molecule is C#CCOCCOCCOCCOCCBr.C#CCOCCOCCOCCOCC[P+](c1ccccc1)(c1ccccc1)c1ccccc1.[Br-].c1ccc(P(c2ccccc2)c2ccccc2)cc1. The largest absolute Gasteiger partial charge is 1.00 e. The summed E-state index contributed by atoms with van der Waals surface area (Å²) in [6.07, 6.45) is 11.1. The third-order valence-corrected chi connectivity index (χ3v) is 17.2. The summed E-state index contributed by atoms with van der Waals surface area (Å²) in [5.41, 5.74) is 0. The van der Waals surface area contributed by atoms with E-state index in [4.69, 9.17) is 50.7 Å². The van der Waals surface area contributed by atoms with Crippen molar-refractivity contribution in [3.8, 4) is 24.7 Å². The maximum Gasteiger partial charge on any atom is 0.114 e. The Kier molecular flexibility index (Phi) is 34.9. The molecule has 0 unspecified atom stereocenters. The number of alkyl halides is 1. The van der Waals surface area contributed by atoms with E-state index in [2.05, 4.69) is 210 Å². The van der Waals surface area contributed by atoms with Crippen molar-refractivity contribution < 1.29 is 54.9 Å². The number of hydrogen-bond acceptors (Lipinski definition) is 8. The van der Waals surface area contributed by atoms with Crippen LogP contribution in [0, 0.1) is 24.7 Å². The molecule has 0 saturated carbocycles. The molecule has 0 aliphatic rings. The molecule has 0 radical (unpaired) electrons. The van der Waals surface area contributed by atoms with Crippen molar-refractivity contribution in [1.29, 1.82) is 0 Å². The molecule has 0 saturated heterocycles. The minimum Gasteiger partial charge on any atom is -1.00 e. The summed E-state index contributed by atoms with van der Waals surface area (Å²) in [6, 6.07) is 64.9. The van der Waals surface area contributed by atoms with Crippen molar-refractivity contribution in [3.63, 3.8) is 0 Å². The van der Waals surface area contributed by atoms with Crippen LogP contribution in [0.1, 0.15) is 0 Å². The van der Waals surface area contributed by atoms with Gasteiger partial charge in [0.1, 0.15) is 36.4 Å². The average Bonchev–Trinajstić information content (AvgIpc) is 3.41. The molecule has 70 heavy (non-hydrogen) atoms. The minimum absolute atomic E-state index is 0. The van der Waals surface area contributed by atoms with Crippen LogP contribution in [-0.2, 0) is 37.9 Å². The van der Waals surface area contributed by atoms with E-state index in [1.54, 1.807) is 0 Å². The van der Waals surface area contributed by atoms with Crippen LogP contribution in [0.3, 0.4) is 0 Å². The summed E-state index contributed by atoms with van der Waals surface area (Å²) < 4.78 is 43.0. The number of hydrogen-bond donors (Lipinski definition) is 0. The van der Waals surface area contributed by atoms with Crippen LogP contribution < -0.4 is 48.8 Å². The Morgan fingerprint density at radius 2 is 0.586 bits per heavy atom. The maximum atomic E-state index is 6.05. The van der Waals surface area contributed by atoms with Crippen molar-refractivity contribution in [1.82, 2.24) is 0 Å². The lowest BCUT2D eigenvalue weighted by molar-refractivity contribution is -0.0000164. The van der Waals surface area contributed by atoms with Gasteiger partial charge in [-0.2, -0.15) is 0 Å². The molecular formula is C58H68Br2O8P2. The van der Waals surface area contributed by atoms with Crippen LogP contribution in [0.4, 0.5) is 0 Å². The molecule has 0 aromatic heterocycles. The zero-order chi connectivity index (χ0) is 48.6. The van der Waals surface area contributed by atoms with Gasteiger partial charge in [0.25, 0.3) is 0 Å². The van der Waals surface area contributed by atoms with E-state index < -0.39 is 15.2 Å². The first-order valence-corrected chi connectivity index (χ1v) is 27.7. The van der Waals surface area contributed by atoms with E-state index in [-0.39, 0.29) is 17.0 Å². The summed E-state index contributed by atoms with van der Waals surface area (Å²) in [4.78, 5) is 0. The molecule has 6 aromatic rings. The summed E-state index contributed by atoms with van der Waals surface area (Å²) in [7, 11) is -2.29. The summed E-state index contributed by atoms with van der Waals surface area (Å²) in [6.45, 7) is 8.67. The molecule has 372 valence electrons. The second-order valence-corrected chi connectivity index (χ2v) is 21.4.